The van der Waals surface area contributed by atoms with Gasteiger partial charge in [0.2, 0.25) is 0 Å². The van der Waals surface area contributed by atoms with Gasteiger partial charge >= 0.3 is 17.9 Å². The van der Waals surface area contributed by atoms with Crippen molar-refractivity contribution < 1.29 is 28.6 Å². The van der Waals surface area contributed by atoms with Gasteiger partial charge in [0.1, 0.15) is 13.2 Å². The number of carbonyl (C=O) groups is 3. The normalized spacial score (nSPS) is 11.8. The Hall–Kier alpha value is -1.59. The molecular formula is C50H96O6. The minimum atomic E-state index is -0.758. The van der Waals surface area contributed by atoms with Crippen LogP contribution in [0.2, 0.25) is 0 Å². The molecule has 0 rings (SSSR count). The summed E-state index contributed by atoms with van der Waals surface area (Å²) >= 11 is 0. The molecule has 0 radical (unpaired) electrons. The zero-order valence-electron chi connectivity index (χ0n) is 37.9. The van der Waals surface area contributed by atoms with Gasteiger partial charge in [0.15, 0.2) is 6.10 Å². The molecule has 0 aliphatic heterocycles. The first-order valence-corrected chi connectivity index (χ1v) is 25.0. The Balaban J connectivity index is 4.31. The minimum absolute atomic E-state index is 0.0620. The summed E-state index contributed by atoms with van der Waals surface area (Å²) in [7, 11) is 0. The Kier molecular flexibility index (Phi) is 44.8. The maximum Gasteiger partial charge on any atom is 0.306 e. The fourth-order valence-electron chi connectivity index (χ4n) is 7.56. The number of rotatable bonds is 46. The second kappa shape index (κ2) is 46.1. The molecular weight excluding hydrogens is 697 g/mol. The van der Waals surface area contributed by atoms with Crippen LogP contribution in [0.5, 0.6) is 0 Å². The number of unbranched alkanes of at least 4 members (excludes halogenated alkanes) is 35. The van der Waals surface area contributed by atoms with E-state index in [2.05, 4.69) is 20.8 Å². The quantitative estimate of drug-likeness (QED) is 0.0347. The van der Waals surface area contributed by atoms with E-state index in [0.29, 0.717) is 19.3 Å². The first-order valence-electron chi connectivity index (χ1n) is 25.0. The van der Waals surface area contributed by atoms with Crippen LogP contribution in [-0.2, 0) is 28.6 Å². The van der Waals surface area contributed by atoms with Gasteiger partial charge in [-0.15, -0.1) is 0 Å². The van der Waals surface area contributed by atoms with Crippen LogP contribution in [0.3, 0.4) is 0 Å². The number of ether oxygens (including phenoxy) is 3. The standard InChI is InChI=1S/C50H96O6/c1-4-7-10-13-16-19-22-24-26-29-32-35-38-41-44-50(53)56-47(45-54-48(51)42-39-36-33-30-27-21-18-15-12-9-6-3)46-55-49(52)43-40-37-34-31-28-25-23-20-17-14-11-8-5-2/h47H,4-46H2,1-3H3/t47-/m1/s1. The van der Waals surface area contributed by atoms with Crippen LogP contribution >= 0.6 is 0 Å². The Bertz CT molecular complexity index is 828. The first kappa shape index (κ1) is 54.4. The van der Waals surface area contributed by atoms with Gasteiger partial charge in [0.25, 0.3) is 0 Å². The van der Waals surface area contributed by atoms with Gasteiger partial charge in [-0.05, 0) is 19.3 Å². The maximum absolute atomic E-state index is 12.8. The second-order valence-electron chi connectivity index (χ2n) is 17.1. The summed E-state index contributed by atoms with van der Waals surface area (Å²) in [6, 6.07) is 0. The molecule has 0 saturated heterocycles. The first-order chi connectivity index (χ1) is 27.5. The molecule has 6 heteroatoms. The molecule has 0 amide bonds. The summed E-state index contributed by atoms with van der Waals surface area (Å²) < 4.78 is 16.8. The number of hydrogen-bond donors (Lipinski definition) is 0. The van der Waals surface area contributed by atoms with Crippen molar-refractivity contribution >= 4 is 17.9 Å². The fraction of sp³-hybridized carbons (Fsp3) is 0.940. The van der Waals surface area contributed by atoms with E-state index in [9.17, 15) is 14.4 Å². The monoisotopic (exact) mass is 793 g/mol. The zero-order chi connectivity index (χ0) is 40.8. The summed E-state index contributed by atoms with van der Waals surface area (Å²) in [6.07, 6.45) is 47.9. The highest BCUT2D eigenvalue weighted by atomic mass is 16.6. The molecule has 0 aromatic rings. The molecule has 332 valence electrons. The Labute approximate surface area is 348 Å². The highest BCUT2D eigenvalue weighted by molar-refractivity contribution is 5.71. The fourth-order valence-corrected chi connectivity index (χ4v) is 7.56. The lowest BCUT2D eigenvalue weighted by atomic mass is 10.0. The Morgan fingerprint density at radius 2 is 0.482 bits per heavy atom. The number of carbonyl (C=O) groups excluding carboxylic acids is 3. The molecule has 0 aliphatic rings. The third kappa shape index (κ3) is 43.5. The third-order valence-electron chi connectivity index (χ3n) is 11.4. The van der Waals surface area contributed by atoms with Crippen molar-refractivity contribution in [1.29, 1.82) is 0 Å². The average Bonchev–Trinajstić information content (AvgIpc) is 3.19. The van der Waals surface area contributed by atoms with E-state index in [1.165, 1.54) is 186 Å². The van der Waals surface area contributed by atoms with Gasteiger partial charge in [-0.2, -0.15) is 0 Å². The zero-order valence-corrected chi connectivity index (χ0v) is 37.9. The van der Waals surface area contributed by atoms with Crippen LogP contribution in [0.4, 0.5) is 0 Å². The molecule has 0 N–H and O–H groups in total. The van der Waals surface area contributed by atoms with E-state index >= 15 is 0 Å². The second-order valence-corrected chi connectivity index (χ2v) is 17.1. The van der Waals surface area contributed by atoms with Gasteiger partial charge in [0.05, 0.1) is 0 Å². The molecule has 0 spiro atoms. The van der Waals surface area contributed by atoms with Gasteiger partial charge < -0.3 is 14.2 Å². The van der Waals surface area contributed by atoms with E-state index in [1.807, 2.05) is 0 Å². The number of hydrogen-bond acceptors (Lipinski definition) is 6. The van der Waals surface area contributed by atoms with Crippen molar-refractivity contribution in [3.8, 4) is 0 Å². The molecule has 6 nitrogen and oxygen atoms in total. The Morgan fingerprint density at radius 3 is 0.714 bits per heavy atom. The van der Waals surface area contributed by atoms with Crippen LogP contribution in [0, 0.1) is 0 Å². The lowest BCUT2D eigenvalue weighted by Crippen LogP contribution is -2.30. The van der Waals surface area contributed by atoms with Crippen LogP contribution in [0.15, 0.2) is 0 Å². The predicted molar refractivity (Wildman–Crippen MR) is 238 cm³/mol. The summed E-state index contributed by atoms with van der Waals surface area (Å²) in [5.74, 6) is -0.844. The smallest absolute Gasteiger partial charge is 0.306 e. The average molecular weight is 793 g/mol. The van der Waals surface area contributed by atoms with Crippen LogP contribution in [-0.4, -0.2) is 37.2 Å². The maximum atomic E-state index is 12.8. The molecule has 56 heavy (non-hydrogen) atoms. The van der Waals surface area contributed by atoms with Crippen LogP contribution in [0.25, 0.3) is 0 Å². The van der Waals surface area contributed by atoms with Gasteiger partial charge in [-0.1, -0.05) is 245 Å². The molecule has 0 aromatic carbocycles. The molecule has 1 atom stereocenters. The van der Waals surface area contributed by atoms with Crippen molar-refractivity contribution in [2.75, 3.05) is 13.2 Å². The summed E-state index contributed by atoms with van der Waals surface area (Å²) in [4.78, 5) is 37.8. The molecule has 0 fully saturated rings. The summed E-state index contributed by atoms with van der Waals surface area (Å²) in [6.45, 7) is 6.67. The van der Waals surface area contributed by atoms with E-state index < -0.39 is 6.10 Å². The van der Waals surface area contributed by atoms with Crippen molar-refractivity contribution in [2.45, 2.75) is 290 Å². The van der Waals surface area contributed by atoms with Gasteiger partial charge in [0, 0.05) is 19.3 Å². The molecule has 0 heterocycles. The molecule has 0 saturated carbocycles. The topological polar surface area (TPSA) is 78.9 Å². The lowest BCUT2D eigenvalue weighted by molar-refractivity contribution is -0.167. The van der Waals surface area contributed by atoms with Crippen molar-refractivity contribution in [1.82, 2.24) is 0 Å². The van der Waals surface area contributed by atoms with E-state index in [0.717, 1.165) is 57.8 Å². The summed E-state index contributed by atoms with van der Waals surface area (Å²) in [5.41, 5.74) is 0. The van der Waals surface area contributed by atoms with Gasteiger partial charge in [-0.3, -0.25) is 14.4 Å². The molecule has 0 aromatic heterocycles. The van der Waals surface area contributed by atoms with Crippen molar-refractivity contribution in [3.63, 3.8) is 0 Å². The predicted octanol–water partition coefficient (Wildman–Crippen LogP) is 16.0. The van der Waals surface area contributed by atoms with Crippen molar-refractivity contribution in [3.05, 3.63) is 0 Å². The molecule has 0 bridgehead atoms. The van der Waals surface area contributed by atoms with E-state index in [1.54, 1.807) is 0 Å². The van der Waals surface area contributed by atoms with Crippen molar-refractivity contribution in [2.24, 2.45) is 0 Å². The molecule has 0 unspecified atom stereocenters. The van der Waals surface area contributed by atoms with E-state index in [-0.39, 0.29) is 31.1 Å². The SMILES string of the molecule is CCCCCCCCCCCCCCCCC(=O)O[C@H](COC(=O)CCCCCCCCCCCCC)COC(=O)CCCCCCCCCCCCCCC. The van der Waals surface area contributed by atoms with Crippen LogP contribution < -0.4 is 0 Å². The minimum Gasteiger partial charge on any atom is -0.462 e. The largest absolute Gasteiger partial charge is 0.462 e. The van der Waals surface area contributed by atoms with Crippen LogP contribution in [0.1, 0.15) is 284 Å². The Morgan fingerprint density at radius 1 is 0.286 bits per heavy atom. The van der Waals surface area contributed by atoms with Gasteiger partial charge in [-0.25, -0.2) is 0 Å². The molecule has 0 aliphatic carbocycles. The lowest BCUT2D eigenvalue weighted by Gasteiger charge is -2.18. The highest BCUT2D eigenvalue weighted by Gasteiger charge is 2.19. The summed E-state index contributed by atoms with van der Waals surface area (Å²) in [5, 5.41) is 0. The highest BCUT2D eigenvalue weighted by Crippen LogP contribution is 2.16. The third-order valence-corrected chi connectivity index (χ3v) is 11.4. The number of esters is 3. The van der Waals surface area contributed by atoms with E-state index in [4.69, 9.17) is 14.2 Å².